The highest BCUT2D eigenvalue weighted by Crippen LogP contribution is 2.30. The average Bonchev–Trinajstić information content (AvgIpc) is 2.41. The van der Waals surface area contributed by atoms with Gasteiger partial charge in [0.05, 0.1) is 0 Å². The Morgan fingerprint density at radius 3 is 3.07 bits per heavy atom. The average molecular weight is 207 g/mol. The molecule has 1 atom stereocenters. The predicted molar refractivity (Wildman–Crippen MR) is 57.9 cm³/mol. The van der Waals surface area contributed by atoms with Gasteiger partial charge in [0.2, 0.25) is 0 Å². The van der Waals surface area contributed by atoms with Gasteiger partial charge >= 0.3 is 5.97 Å². The van der Waals surface area contributed by atoms with Crippen LogP contribution in [0, 0.1) is 12.8 Å². The number of carbonyl (C=O) groups is 1. The highest BCUT2D eigenvalue weighted by Gasteiger charge is 2.24. The van der Waals surface area contributed by atoms with Crippen molar-refractivity contribution in [1.29, 1.82) is 0 Å². The van der Waals surface area contributed by atoms with Crippen LogP contribution in [0.25, 0.3) is 0 Å². The molecule has 1 aromatic rings. The zero-order valence-corrected chi connectivity index (χ0v) is 9.29. The zero-order chi connectivity index (χ0) is 11.0. The smallest absolute Gasteiger partial charge is 0.303 e. The van der Waals surface area contributed by atoms with Crippen molar-refractivity contribution >= 4 is 5.97 Å². The fraction of sp³-hybridized carbons (Fsp3) is 0.583. The van der Waals surface area contributed by atoms with Gasteiger partial charge in [0.1, 0.15) is 0 Å². The maximum absolute atomic E-state index is 10.7. The summed E-state index contributed by atoms with van der Waals surface area (Å²) in [6.45, 7) is 2.14. The highest BCUT2D eigenvalue weighted by atomic mass is 16.4. The summed E-state index contributed by atoms with van der Waals surface area (Å²) in [6, 6.07) is 0. The van der Waals surface area contributed by atoms with Gasteiger partial charge in [-0.05, 0) is 43.2 Å². The minimum atomic E-state index is -0.672. The van der Waals surface area contributed by atoms with Crippen LogP contribution in [0.2, 0.25) is 0 Å². The lowest BCUT2D eigenvalue weighted by molar-refractivity contribution is -0.138. The van der Waals surface area contributed by atoms with E-state index < -0.39 is 5.97 Å². The second kappa shape index (κ2) is 3.72. The first-order valence-corrected chi connectivity index (χ1v) is 5.43. The van der Waals surface area contributed by atoms with Gasteiger partial charge in [-0.1, -0.05) is 0 Å². The van der Waals surface area contributed by atoms with Crippen LogP contribution >= 0.6 is 0 Å². The van der Waals surface area contributed by atoms with Gasteiger partial charge in [0.25, 0.3) is 0 Å². The molecule has 0 fully saturated rings. The molecular formula is C12H17NO2. The summed E-state index contributed by atoms with van der Waals surface area (Å²) in [6.07, 6.45) is 5.44. The van der Waals surface area contributed by atoms with E-state index in [2.05, 4.69) is 24.7 Å². The Balaban J connectivity index is 2.19. The minimum Gasteiger partial charge on any atom is -0.481 e. The molecule has 1 aliphatic carbocycles. The van der Waals surface area contributed by atoms with Gasteiger partial charge in [-0.3, -0.25) is 4.79 Å². The SMILES string of the molecule is Cc1cn(C)c2c1CCC(CC(=O)O)C2. The second-order valence-electron chi connectivity index (χ2n) is 4.55. The van der Waals surface area contributed by atoms with Crippen LogP contribution in [0.1, 0.15) is 29.7 Å². The van der Waals surface area contributed by atoms with Gasteiger partial charge in [-0.15, -0.1) is 0 Å². The number of nitrogens with zero attached hydrogens (tertiary/aromatic N) is 1. The molecule has 1 N–H and O–H groups in total. The Hall–Kier alpha value is -1.25. The Labute approximate surface area is 89.7 Å². The first-order chi connectivity index (χ1) is 7.08. The molecule has 1 aromatic heterocycles. The molecule has 0 aliphatic heterocycles. The molecule has 3 heteroatoms. The van der Waals surface area contributed by atoms with Crippen molar-refractivity contribution in [2.24, 2.45) is 13.0 Å². The van der Waals surface area contributed by atoms with Crippen molar-refractivity contribution in [3.8, 4) is 0 Å². The molecule has 15 heavy (non-hydrogen) atoms. The fourth-order valence-electron chi connectivity index (χ4n) is 2.64. The second-order valence-corrected chi connectivity index (χ2v) is 4.55. The van der Waals surface area contributed by atoms with Crippen LogP contribution in [0.4, 0.5) is 0 Å². The quantitative estimate of drug-likeness (QED) is 0.805. The summed E-state index contributed by atoms with van der Waals surface area (Å²) in [5.41, 5.74) is 4.13. The van der Waals surface area contributed by atoms with Gasteiger partial charge in [0.15, 0.2) is 0 Å². The van der Waals surface area contributed by atoms with E-state index in [4.69, 9.17) is 5.11 Å². The number of carboxylic acid groups (broad SMARTS) is 1. The van der Waals surface area contributed by atoms with Crippen LogP contribution in [0.15, 0.2) is 6.20 Å². The summed E-state index contributed by atoms with van der Waals surface area (Å²) < 4.78 is 2.15. The molecule has 1 aliphatic rings. The van der Waals surface area contributed by atoms with Crippen LogP contribution < -0.4 is 0 Å². The van der Waals surface area contributed by atoms with Gasteiger partial charge < -0.3 is 9.67 Å². The normalized spacial score (nSPS) is 20.0. The van der Waals surface area contributed by atoms with E-state index in [-0.39, 0.29) is 0 Å². The number of hydrogen-bond acceptors (Lipinski definition) is 1. The first kappa shape index (κ1) is 10.3. The molecule has 0 aromatic carbocycles. The largest absolute Gasteiger partial charge is 0.481 e. The van der Waals surface area contributed by atoms with E-state index in [9.17, 15) is 4.79 Å². The number of carboxylic acids is 1. The molecule has 0 saturated carbocycles. The van der Waals surface area contributed by atoms with Crippen molar-refractivity contribution in [1.82, 2.24) is 4.57 Å². The molecule has 0 radical (unpaired) electrons. The third-order valence-corrected chi connectivity index (χ3v) is 3.39. The van der Waals surface area contributed by atoms with E-state index >= 15 is 0 Å². The van der Waals surface area contributed by atoms with Crippen molar-refractivity contribution in [3.63, 3.8) is 0 Å². The van der Waals surface area contributed by atoms with Crippen LogP contribution in [-0.2, 0) is 24.7 Å². The van der Waals surface area contributed by atoms with E-state index in [1.54, 1.807) is 0 Å². The maximum atomic E-state index is 10.7. The maximum Gasteiger partial charge on any atom is 0.303 e. The van der Waals surface area contributed by atoms with E-state index in [0.717, 1.165) is 19.3 Å². The van der Waals surface area contributed by atoms with E-state index in [1.165, 1.54) is 16.8 Å². The lowest BCUT2D eigenvalue weighted by atomic mass is 9.85. The Bertz CT molecular complexity index is 393. The molecule has 0 bridgehead atoms. The molecular weight excluding hydrogens is 190 g/mol. The molecule has 0 amide bonds. The summed E-state index contributed by atoms with van der Waals surface area (Å²) in [5, 5.41) is 8.78. The Morgan fingerprint density at radius 1 is 1.67 bits per heavy atom. The lowest BCUT2D eigenvalue weighted by Gasteiger charge is -2.22. The number of fused-ring (bicyclic) bond motifs is 1. The third-order valence-electron chi connectivity index (χ3n) is 3.39. The van der Waals surface area contributed by atoms with Crippen molar-refractivity contribution < 1.29 is 9.90 Å². The lowest BCUT2D eigenvalue weighted by Crippen LogP contribution is -2.18. The Kier molecular flexibility index (Phi) is 2.55. The predicted octanol–water partition coefficient (Wildman–Crippen LogP) is 1.91. The Morgan fingerprint density at radius 2 is 2.40 bits per heavy atom. The number of aliphatic carboxylic acids is 1. The van der Waals surface area contributed by atoms with Gasteiger partial charge in [-0.25, -0.2) is 0 Å². The van der Waals surface area contributed by atoms with Crippen molar-refractivity contribution in [3.05, 3.63) is 23.0 Å². The third kappa shape index (κ3) is 1.91. The molecule has 82 valence electrons. The highest BCUT2D eigenvalue weighted by molar-refractivity contribution is 5.67. The first-order valence-electron chi connectivity index (χ1n) is 5.43. The summed E-state index contributed by atoms with van der Waals surface area (Å²) in [7, 11) is 2.05. The standard InChI is InChI=1S/C12H17NO2/c1-8-7-13(2)11-5-9(6-12(14)15)3-4-10(8)11/h7,9H,3-6H2,1-2H3,(H,14,15). The zero-order valence-electron chi connectivity index (χ0n) is 9.29. The van der Waals surface area contributed by atoms with Crippen molar-refractivity contribution in [2.45, 2.75) is 32.6 Å². The number of hydrogen-bond donors (Lipinski definition) is 1. The van der Waals surface area contributed by atoms with Crippen LogP contribution in [0.3, 0.4) is 0 Å². The molecule has 0 spiro atoms. The van der Waals surface area contributed by atoms with Gasteiger partial charge in [-0.2, -0.15) is 0 Å². The topological polar surface area (TPSA) is 42.2 Å². The molecule has 1 unspecified atom stereocenters. The van der Waals surface area contributed by atoms with Crippen LogP contribution in [-0.4, -0.2) is 15.6 Å². The minimum absolute atomic E-state index is 0.309. The van der Waals surface area contributed by atoms with Crippen LogP contribution in [0.5, 0.6) is 0 Å². The summed E-state index contributed by atoms with van der Waals surface area (Å²) in [4.78, 5) is 10.7. The van der Waals surface area contributed by atoms with Crippen molar-refractivity contribution in [2.75, 3.05) is 0 Å². The van der Waals surface area contributed by atoms with Gasteiger partial charge in [0, 0.05) is 25.4 Å². The monoisotopic (exact) mass is 207 g/mol. The number of aromatic nitrogens is 1. The molecule has 0 saturated heterocycles. The summed E-state index contributed by atoms with van der Waals surface area (Å²) in [5.74, 6) is -0.350. The molecule has 1 heterocycles. The number of aryl methyl sites for hydroxylation is 2. The fourth-order valence-corrected chi connectivity index (χ4v) is 2.64. The number of rotatable bonds is 2. The molecule has 3 nitrogen and oxygen atoms in total. The summed E-state index contributed by atoms with van der Waals surface area (Å²) >= 11 is 0. The van der Waals surface area contributed by atoms with E-state index in [1.807, 2.05) is 0 Å². The molecule has 2 rings (SSSR count). The van der Waals surface area contributed by atoms with E-state index in [0.29, 0.717) is 12.3 Å².